The SMILES string of the molecule is CNc1ccc(NCCCO)c2c1C(=O)c1ccccc1C2=O. The first kappa shape index (κ1) is 15.2. The quantitative estimate of drug-likeness (QED) is 0.630. The molecule has 0 heterocycles. The molecule has 2 aromatic rings. The standard InChI is InChI=1S/C18H18N2O3/c1-19-13-7-8-14(20-9-4-10-21)16-15(13)17(22)11-5-2-3-6-12(11)18(16)23/h2-3,5-8,19-21H,4,9-10H2,1H3. The summed E-state index contributed by atoms with van der Waals surface area (Å²) in [5, 5.41) is 15.1. The summed E-state index contributed by atoms with van der Waals surface area (Å²) in [5.41, 5.74) is 2.95. The summed E-state index contributed by atoms with van der Waals surface area (Å²) in [6, 6.07) is 10.5. The molecule has 0 spiro atoms. The molecule has 3 rings (SSSR count). The number of anilines is 2. The molecule has 23 heavy (non-hydrogen) atoms. The molecule has 5 heteroatoms. The van der Waals surface area contributed by atoms with Crippen LogP contribution in [0.3, 0.4) is 0 Å². The van der Waals surface area contributed by atoms with Crippen molar-refractivity contribution in [2.75, 3.05) is 30.8 Å². The molecule has 1 aliphatic carbocycles. The van der Waals surface area contributed by atoms with Crippen molar-refractivity contribution in [3.8, 4) is 0 Å². The number of carbonyl (C=O) groups is 2. The molecular weight excluding hydrogens is 292 g/mol. The summed E-state index contributed by atoms with van der Waals surface area (Å²) in [6.07, 6.45) is 0.571. The Morgan fingerprint density at radius 3 is 2.04 bits per heavy atom. The Labute approximate surface area is 134 Å². The number of hydrogen-bond acceptors (Lipinski definition) is 5. The van der Waals surface area contributed by atoms with E-state index in [9.17, 15) is 9.59 Å². The minimum Gasteiger partial charge on any atom is -0.396 e. The number of carbonyl (C=O) groups excluding carboxylic acids is 2. The van der Waals surface area contributed by atoms with Gasteiger partial charge in [-0.1, -0.05) is 24.3 Å². The fourth-order valence-corrected chi connectivity index (χ4v) is 2.88. The molecular formula is C18H18N2O3. The lowest BCUT2D eigenvalue weighted by atomic mass is 9.82. The molecule has 1 aliphatic rings. The zero-order chi connectivity index (χ0) is 16.4. The van der Waals surface area contributed by atoms with Crippen LogP contribution >= 0.6 is 0 Å². The Morgan fingerprint density at radius 2 is 1.48 bits per heavy atom. The molecule has 0 aromatic heterocycles. The lowest BCUT2D eigenvalue weighted by Crippen LogP contribution is -2.24. The van der Waals surface area contributed by atoms with Gasteiger partial charge in [-0.15, -0.1) is 0 Å². The molecule has 0 atom stereocenters. The van der Waals surface area contributed by atoms with Crippen molar-refractivity contribution in [2.24, 2.45) is 0 Å². The predicted octanol–water partition coefficient (Wildman–Crippen LogP) is 2.30. The lowest BCUT2D eigenvalue weighted by molar-refractivity contribution is 0.0980. The van der Waals surface area contributed by atoms with Crippen molar-refractivity contribution < 1.29 is 14.7 Å². The maximum Gasteiger partial charge on any atom is 0.196 e. The first-order chi connectivity index (χ1) is 11.2. The number of nitrogens with one attached hydrogen (secondary N) is 2. The highest BCUT2D eigenvalue weighted by molar-refractivity contribution is 6.31. The number of fused-ring (bicyclic) bond motifs is 2. The summed E-state index contributed by atoms with van der Waals surface area (Å²) in [6.45, 7) is 0.602. The van der Waals surface area contributed by atoms with Crippen LogP contribution in [0.25, 0.3) is 0 Å². The van der Waals surface area contributed by atoms with Crippen LogP contribution in [0.2, 0.25) is 0 Å². The molecule has 0 unspecified atom stereocenters. The van der Waals surface area contributed by atoms with Crippen LogP contribution in [0.5, 0.6) is 0 Å². The predicted molar refractivity (Wildman–Crippen MR) is 89.5 cm³/mol. The summed E-state index contributed by atoms with van der Waals surface area (Å²) < 4.78 is 0. The van der Waals surface area contributed by atoms with Crippen molar-refractivity contribution in [2.45, 2.75) is 6.42 Å². The molecule has 0 fully saturated rings. The fourth-order valence-electron chi connectivity index (χ4n) is 2.88. The van der Waals surface area contributed by atoms with E-state index in [0.29, 0.717) is 46.6 Å². The summed E-state index contributed by atoms with van der Waals surface area (Å²) in [4.78, 5) is 25.8. The van der Waals surface area contributed by atoms with Crippen LogP contribution in [0.4, 0.5) is 11.4 Å². The highest BCUT2D eigenvalue weighted by atomic mass is 16.3. The summed E-state index contributed by atoms with van der Waals surface area (Å²) >= 11 is 0. The molecule has 2 aromatic carbocycles. The number of ketones is 2. The number of hydrogen-bond donors (Lipinski definition) is 3. The molecule has 5 nitrogen and oxygen atoms in total. The van der Waals surface area contributed by atoms with Gasteiger partial charge in [0.1, 0.15) is 0 Å². The zero-order valence-electron chi connectivity index (χ0n) is 12.8. The third kappa shape index (κ3) is 2.49. The van der Waals surface area contributed by atoms with Gasteiger partial charge < -0.3 is 15.7 Å². The maximum absolute atomic E-state index is 12.9. The van der Waals surface area contributed by atoms with Crippen molar-refractivity contribution in [1.29, 1.82) is 0 Å². The molecule has 0 amide bonds. The third-order valence-electron chi connectivity index (χ3n) is 4.00. The van der Waals surface area contributed by atoms with E-state index in [2.05, 4.69) is 10.6 Å². The van der Waals surface area contributed by atoms with Crippen molar-refractivity contribution in [1.82, 2.24) is 0 Å². The summed E-state index contributed by atoms with van der Waals surface area (Å²) in [5.74, 6) is -0.302. The van der Waals surface area contributed by atoms with Crippen molar-refractivity contribution >= 4 is 22.9 Å². The van der Waals surface area contributed by atoms with Gasteiger partial charge in [0.2, 0.25) is 0 Å². The number of aliphatic hydroxyl groups is 1. The van der Waals surface area contributed by atoms with Crippen LogP contribution in [0.15, 0.2) is 36.4 Å². The van der Waals surface area contributed by atoms with Crippen LogP contribution < -0.4 is 10.6 Å². The third-order valence-corrected chi connectivity index (χ3v) is 4.00. The Balaban J connectivity index is 2.16. The van der Waals surface area contributed by atoms with E-state index in [0.717, 1.165) is 0 Å². The van der Waals surface area contributed by atoms with Gasteiger partial charge in [-0.2, -0.15) is 0 Å². The largest absolute Gasteiger partial charge is 0.396 e. The van der Waals surface area contributed by atoms with E-state index in [1.807, 2.05) is 0 Å². The second-order valence-electron chi connectivity index (χ2n) is 5.37. The van der Waals surface area contributed by atoms with Crippen LogP contribution in [0.1, 0.15) is 38.3 Å². The second-order valence-corrected chi connectivity index (χ2v) is 5.37. The highest BCUT2D eigenvalue weighted by Gasteiger charge is 2.33. The summed E-state index contributed by atoms with van der Waals surface area (Å²) in [7, 11) is 1.73. The van der Waals surface area contributed by atoms with Gasteiger partial charge in [-0.3, -0.25) is 9.59 Å². The first-order valence-corrected chi connectivity index (χ1v) is 7.57. The Morgan fingerprint density at radius 1 is 0.913 bits per heavy atom. The molecule has 0 saturated heterocycles. The Kier molecular flexibility index (Phi) is 4.12. The number of aliphatic hydroxyl groups excluding tert-OH is 1. The van der Waals surface area contributed by atoms with Gasteiger partial charge in [-0.25, -0.2) is 0 Å². The van der Waals surface area contributed by atoms with Crippen LogP contribution in [-0.4, -0.2) is 36.9 Å². The lowest BCUT2D eigenvalue weighted by Gasteiger charge is -2.23. The topological polar surface area (TPSA) is 78.4 Å². The van der Waals surface area contributed by atoms with Gasteiger partial charge in [0, 0.05) is 42.7 Å². The molecule has 0 bridgehead atoms. The highest BCUT2D eigenvalue weighted by Crippen LogP contribution is 2.36. The van der Waals surface area contributed by atoms with E-state index in [1.54, 1.807) is 43.4 Å². The average Bonchev–Trinajstić information content (AvgIpc) is 2.59. The average molecular weight is 310 g/mol. The second kappa shape index (κ2) is 6.22. The molecule has 3 N–H and O–H groups in total. The van der Waals surface area contributed by atoms with Crippen molar-refractivity contribution in [3.05, 3.63) is 58.7 Å². The smallest absolute Gasteiger partial charge is 0.196 e. The zero-order valence-corrected chi connectivity index (χ0v) is 12.8. The van der Waals surface area contributed by atoms with Crippen molar-refractivity contribution in [3.63, 3.8) is 0 Å². The van der Waals surface area contributed by atoms with Gasteiger partial charge >= 0.3 is 0 Å². The first-order valence-electron chi connectivity index (χ1n) is 7.57. The molecule has 0 aliphatic heterocycles. The van der Waals surface area contributed by atoms with E-state index in [4.69, 9.17) is 5.11 Å². The van der Waals surface area contributed by atoms with E-state index < -0.39 is 0 Å². The minimum atomic E-state index is -0.154. The van der Waals surface area contributed by atoms with E-state index >= 15 is 0 Å². The normalized spacial score (nSPS) is 12.6. The van der Waals surface area contributed by atoms with Gasteiger partial charge in [-0.05, 0) is 18.6 Å². The van der Waals surface area contributed by atoms with Crippen LogP contribution in [0, 0.1) is 0 Å². The van der Waals surface area contributed by atoms with E-state index in [1.165, 1.54) is 0 Å². The maximum atomic E-state index is 12.9. The van der Waals surface area contributed by atoms with Crippen LogP contribution in [-0.2, 0) is 0 Å². The Hall–Kier alpha value is -2.66. The molecule has 0 saturated carbocycles. The molecule has 118 valence electrons. The number of benzene rings is 2. The molecule has 0 radical (unpaired) electrons. The van der Waals surface area contributed by atoms with Gasteiger partial charge in [0.25, 0.3) is 0 Å². The monoisotopic (exact) mass is 310 g/mol. The minimum absolute atomic E-state index is 0.0689. The Bertz CT molecular complexity index is 784. The van der Waals surface area contributed by atoms with Gasteiger partial charge in [0.05, 0.1) is 11.1 Å². The van der Waals surface area contributed by atoms with Gasteiger partial charge in [0.15, 0.2) is 11.6 Å². The number of rotatable bonds is 5. The van der Waals surface area contributed by atoms with E-state index in [-0.39, 0.29) is 18.2 Å². The fraction of sp³-hybridized carbons (Fsp3) is 0.222.